The molecule has 1 rings (SSSR count). The van der Waals surface area contributed by atoms with Crippen molar-refractivity contribution in [1.29, 1.82) is 0 Å². The minimum absolute atomic E-state index is 0.224. The molecule has 0 radical (unpaired) electrons. The molecule has 1 aromatic carbocycles. The molecule has 0 saturated carbocycles. The van der Waals surface area contributed by atoms with Crippen molar-refractivity contribution in [1.82, 2.24) is 4.90 Å². The summed E-state index contributed by atoms with van der Waals surface area (Å²) in [5.41, 5.74) is 6.72. The van der Waals surface area contributed by atoms with Crippen LogP contribution in [0, 0.1) is 5.82 Å². The molecule has 0 saturated heterocycles. The van der Waals surface area contributed by atoms with Crippen LogP contribution in [0.1, 0.15) is 45.6 Å². The Balaban J connectivity index is 2.71. The lowest BCUT2D eigenvalue weighted by Crippen LogP contribution is -2.33. The molecule has 0 amide bonds. The van der Waals surface area contributed by atoms with E-state index in [-0.39, 0.29) is 11.5 Å². The average molecular weight is 252 g/mol. The van der Waals surface area contributed by atoms with Gasteiger partial charge < -0.3 is 5.73 Å². The van der Waals surface area contributed by atoms with Crippen molar-refractivity contribution in [2.45, 2.75) is 52.6 Å². The molecule has 0 spiro atoms. The average Bonchev–Trinajstić information content (AvgIpc) is 2.37. The highest BCUT2D eigenvalue weighted by atomic mass is 19.1. The molecule has 18 heavy (non-hydrogen) atoms. The molecule has 102 valence electrons. The van der Waals surface area contributed by atoms with Gasteiger partial charge in [0.25, 0.3) is 0 Å². The lowest BCUT2D eigenvalue weighted by molar-refractivity contribution is 0.192. The Morgan fingerprint density at radius 2 is 2.06 bits per heavy atom. The summed E-state index contributed by atoms with van der Waals surface area (Å²) in [5, 5.41) is 0. The van der Waals surface area contributed by atoms with Gasteiger partial charge in [0, 0.05) is 12.6 Å². The van der Waals surface area contributed by atoms with Crippen LogP contribution in [0.4, 0.5) is 10.1 Å². The van der Waals surface area contributed by atoms with Gasteiger partial charge in [0.1, 0.15) is 5.82 Å². The summed E-state index contributed by atoms with van der Waals surface area (Å²) in [6.45, 7) is 8.47. The second-order valence-electron chi connectivity index (χ2n) is 4.94. The Bertz CT molecular complexity index is 366. The number of nitrogen functional groups attached to an aromatic ring is 1. The highest BCUT2D eigenvalue weighted by molar-refractivity contribution is 5.41. The largest absolute Gasteiger partial charge is 0.396 e. The Kier molecular flexibility index (Phi) is 6.13. The Morgan fingerprint density at radius 3 is 2.61 bits per heavy atom. The maximum absolute atomic E-state index is 13.4. The van der Waals surface area contributed by atoms with Crippen LogP contribution in [0.25, 0.3) is 0 Å². The van der Waals surface area contributed by atoms with Crippen LogP contribution in [-0.4, -0.2) is 17.5 Å². The zero-order chi connectivity index (χ0) is 13.5. The second kappa shape index (κ2) is 7.37. The first-order chi connectivity index (χ1) is 8.58. The van der Waals surface area contributed by atoms with Crippen LogP contribution in [0.15, 0.2) is 18.2 Å². The lowest BCUT2D eigenvalue weighted by Gasteiger charge is -2.28. The standard InChI is InChI=1S/C15H25FN2/c1-4-6-9-18(12(3)5-2)11-13-7-8-15(17)14(16)10-13/h7-8,10,12H,4-6,9,11,17H2,1-3H3. The van der Waals surface area contributed by atoms with E-state index in [0.29, 0.717) is 6.04 Å². The maximum Gasteiger partial charge on any atom is 0.146 e. The van der Waals surface area contributed by atoms with Crippen molar-refractivity contribution in [3.63, 3.8) is 0 Å². The summed E-state index contributed by atoms with van der Waals surface area (Å²) in [7, 11) is 0. The van der Waals surface area contributed by atoms with E-state index in [4.69, 9.17) is 5.73 Å². The summed E-state index contributed by atoms with van der Waals surface area (Å²) >= 11 is 0. The van der Waals surface area contributed by atoms with E-state index in [0.717, 1.165) is 25.1 Å². The number of halogens is 1. The van der Waals surface area contributed by atoms with Crippen LogP contribution in [0.2, 0.25) is 0 Å². The number of hydrogen-bond donors (Lipinski definition) is 1. The molecule has 1 aromatic rings. The fourth-order valence-electron chi connectivity index (χ4n) is 1.98. The van der Waals surface area contributed by atoms with Crippen molar-refractivity contribution in [3.05, 3.63) is 29.6 Å². The van der Waals surface area contributed by atoms with Crippen LogP contribution in [0.3, 0.4) is 0 Å². The Hall–Kier alpha value is -1.09. The molecule has 1 unspecified atom stereocenters. The summed E-state index contributed by atoms with van der Waals surface area (Å²) in [4.78, 5) is 2.41. The van der Waals surface area contributed by atoms with Crippen molar-refractivity contribution in [3.8, 4) is 0 Å². The molecule has 1 atom stereocenters. The minimum atomic E-state index is -0.313. The third kappa shape index (κ3) is 4.30. The van der Waals surface area contributed by atoms with Gasteiger partial charge in [-0.3, -0.25) is 4.90 Å². The van der Waals surface area contributed by atoms with Crippen LogP contribution in [0.5, 0.6) is 0 Å². The third-order valence-electron chi connectivity index (χ3n) is 3.46. The number of anilines is 1. The molecule has 2 nitrogen and oxygen atoms in total. The monoisotopic (exact) mass is 252 g/mol. The zero-order valence-corrected chi connectivity index (χ0v) is 11.7. The molecule has 0 bridgehead atoms. The van der Waals surface area contributed by atoms with Gasteiger partial charge in [-0.05, 0) is 44.0 Å². The highest BCUT2D eigenvalue weighted by Gasteiger charge is 2.12. The van der Waals surface area contributed by atoms with Gasteiger partial charge in [0.2, 0.25) is 0 Å². The molecule has 0 heterocycles. The summed E-state index contributed by atoms with van der Waals surface area (Å²) in [6, 6.07) is 5.65. The van der Waals surface area contributed by atoms with E-state index in [1.54, 1.807) is 12.1 Å². The van der Waals surface area contributed by atoms with E-state index in [1.807, 2.05) is 6.07 Å². The Labute approximate surface area is 110 Å². The molecule has 0 aliphatic heterocycles. The van der Waals surface area contributed by atoms with Crippen LogP contribution >= 0.6 is 0 Å². The fourth-order valence-corrected chi connectivity index (χ4v) is 1.98. The number of unbranched alkanes of at least 4 members (excludes halogenated alkanes) is 1. The number of nitrogens with two attached hydrogens (primary N) is 1. The minimum Gasteiger partial charge on any atom is -0.396 e. The van der Waals surface area contributed by atoms with Gasteiger partial charge in [0.15, 0.2) is 0 Å². The van der Waals surface area contributed by atoms with Crippen molar-refractivity contribution >= 4 is 5.69 Å². The maximum atomic E-state index is 13.4. The van der Waals surface area contributed by atoms with E-state index in [1.165, 1.54) is 12.8 Å². The van der Waals surface area contributed by atoms with E-state index in [2.05, 4.69) is 25.7 Å². The number of rotatable bonds is 7. The van der Waals surface area contributed by atoms with Crippen molar-refractivity contribution in [2.24, 2.45) is 0 Å². The number of nitrogens with zero attached hydrogens (tertiary/aromatic N) is 1. The molecule has 3 heteroatoms. The topological polar surface area (TPSA) is 29.3 Å². The molecule has 0 aromatic heterocycles. The smallest absolute Gasteiger partial charge is 0.146 e. The quantitative estimate of drug-likeness (QED) is 0.748. The molecular weight excluding hydrogens is 227 g/mol. The molecular formula is C15H25FN2. The van der Waals surface area contributed by atoms with Crippen LogP contribution < -0.4 is 5.73 Å². The van der Waals surface area contributed by atoms with E-state index < -0.39 is 0 Å². The summed E-state index contributed by atoms with van der Waals surface area (Å²) < 4.78 is 13.4. The fraction of sp³-hybridized carbons (Fsp3) is 0.600. The zero-order valence-electron chi connectivity index (χ0n) is 11.7. The van der Waals surface area contributed by atoms with Gasteiger partial charge in [-0.15, -0.1) is 0 Å². The van der Waals surface area contributed by atoms with Crippen molar-refractivity contribution < 1.29 is 4.39 Å². The van der Waals surface area contributed by atoms with Gasteiger partial charge in [-0.1, -0.05) is 26.3 Å². The predicted molar refractivity (Wildman–Crippen MR) is 75.9 cm³/mol. The molecule has 0 fully saturated rings. The van der Waals surface area contributed by atoms with Crippen molar-refractivity contribution in [2.75, 3.05) is 12.3 Å². The number of hydrogen-bond acceptors (Lipinski definition) is 2. The molecule has 2 N–H and O–H groups in total. The first kappa shape index (κ1) is 15.0. The highest BCUT2D eigenvalue weighted by Crippen LogP contribution is 2.16. The number of benzene rings is 1. The summed E-state index contributed by atoms with van der Waals surface area (Å²) in [5.74, 6) is -0.313. The normalized spacial score (nSPS) is 12.9. The SMILES string of the molecule is CCCCN(Cc1ccc(N)c(F)c1)C(C)CC. The lowest BCUT2D eigenvalue weighted by atomic mass is 10.1. The van der Waals surface area contributed by atoms with E-state index in [9.17, 15) is 4.39 Å². The van der Waals surface area contributed by atoms with E-state index >= 15 is 0 Å². The third-order valence-corrected chi connectivity index (χ3v) is 3.46. The van der Waals surface area contributed by atoms with Crippen LogP contribution in [-0.2, 0) is 6.54 Å². The first-order valence-electron chi connectivity index (χ1n) is 6.86. The van der Waals surface area contributed by atoms with Gasteiger partial charge in [-0.2, -0.15) is 0 Å². The van der Waals surface area contributed by atoms with Gasteiger partial charge >= 0.3 is 0 Å². The predicted octanol–water partition coefficient (Wildman–Crippen LogP) is 3.81. The molecule has 0 aliphatic carbocycles. The second-order valence-corrected chi connectivity index (χ2v) is 4.94. The molecule has 0 aliphatic rings. The first-order valence-corrected chi connectivity index (χ1v) is 6.86. The summed E-state index contributed by atoms with van der Waals surface area (Å²) in [6.07, 6.45) is 3.48. The van der Waals surface area contributed by atoms with Gasteiger partial charge in [-0.25, -0.2) is 4.39 Å². The van der Waals surface area contributed by atoms with Gasteiger partial charge in [0.05, 0.1) is 5.69 Å². The Morgan fingerprint density at radius 1 is 1.33 bits per heavy atom.